The van der Waals surface area contributed by atoms with E-state index in [1.54, 1.807) is 11.3 Å². The lowest BCUT2D eigenvalue weighted by Crippen LogP contribution is -2.19. The van der Waals surface area contributed by atoms with Gasteiger partial charge in [-0.05, 0) is 31.0 Å². The van der Waals surface area contributed by atoms with Crippen LogP contribution in [0.4, 0.5) is 0 Å². The molecule has 0 aliphatic rings. The van der Waals surface area contributed by atoms with Gasteiger partial charge in [-0.25, -0.2) is 9.97 Å². The molecule has 2 aromatic heterocycles. The van der Waals surface area contributed by atoms with Gasteiger partial charge in [-0.2, -0.15) is 0 Å². The van der Waals surface area contributed by atoms with Gasteiger partial charge in [0, 0.05) is 17.3 Å². The number of aromatic nitrogens is 2. The summed E-state index contributed by atoms with van der Waals surface area (Å²) in [6.07, 6.45) is 3.70. The van der Waals surface area contributed by atoms with Gasteiger partial charge in [-0.3, -0.25) is 0 Å². The summed E-state index contributed by atoms with van der Waals surface area (Å²) in [7, 11) is 1.92. The van der Waals surface area contributed by atoms with Crippen LogP contribution in [-0.2, 0) is 0 Å². The molecule has 1 N–H and O–H groups in total. The molecule has 0 saturated carbocycles. The first-order chi connectivity index (χ1) is 7.31. The van der Waals surface area contributed by atoms with Gasteiger partial charge in [0.25, 0.3) is 0 Å². The highest BCUT2D eigenvalue weighted by atomic mass is 32.1. The summed E-state index contributed by atoms with van der Waals surface area (Å²) in [5.74, 6) is 0.825. The highest BCUT2D eigenvalue weighted by Gasteiger charge is 2.14. The van der Waals surface area contributed by atoms with Crippen LogP contribution in [0.25, 0.3) is 0 Å². The maximum atomic E-state index is 4.34. The first kappa shape index (κ1) is 10.3. The molecular weight excluding hydrogens is 206 g/mol. The first-order valence-electron chi connectivity index (χ1n) is 4.80. The number of thiophene rings is 1. The summed E-state index contributed by atoms with van der Waals surface area (Å²) in [5, 5.41) is 5.29. The number of hydrogen-bond donors (Lipinski definition) is 1. The second kappa shape index (κ2) is 4.51. The van der Waals surface area contributed by atoms with Crippen LogP contribution in [-0.4, -0.2) is 17.0 Å². The van der Waals surface area contributed by atoms with E-state index in [1.807, 2.05) is 32.4 Å². The van der Waals surface area contributed by atoms with Gasteiger partial charge in [-0.15, -0.1) is 11.3 Å². The van der Waals surface area contributed by atoms with Gasteiger partial charge in [0.15, 0.2) is 0 Å². The van der Waals surface area contributed by atoms with E-state index in [9.17, 15) is 0 Å². The van der Waals surface area contributed by atoms with E-state index >= 15 is 0 Å². The highest BCUT2D eigenvalue weighted by Crippen LogP contribution is 2.22. The van der Waals surface area contributed by atoms with E-state index in [-0.39, 0.29) is 6.04 Å². The van der Waals surface area contributed by atoms with E-state index in [2.05, 4.69) is 26.7 Å². The SMILES string of the molecule is CNC(c1ncc(C)cn1)c1cccs1. The van der Waals surface area contributed by atoms with Crippen molar-refractivity contribution in [1.82, 2.24) is 15.3 Å². The van der Waals surface area contributed by atoms with Crippen LogP contribution >= 0.6 is 11.3 Å². The first-order valence-corrected chi connectivity index (χ1v) is 5.68. The molecule has 0 bridgehead atoms. The second-order valence-electron chi connectivity index (χ2n) is 3.36. The van der Waals surface area contributed by atoms with Crippen LogP contribution in [0.3, 0.4) is 0 Å². The lowest BCUT2D eigenvalue weighted by atomic mass is 10.2. The Morgan fingerprint density at radius 1 is 1.33 bits per heavy atom. The lowest BCUT2D eigenvalue weighted by Gasteiger charge is -2.12. The summed E-state index contributed by atoms with van der Waals surface area (Å²) in [5.41, 5.74) is 1.08. The van der Waals surface area contributed by atoms with Crippen molar-refractivity contribution in [1.29, 1.82) is 0 Å². The normalized spacial score (nSPS) is 12.7. The van der Waals surface area contributed by atoms with Gasteiger partial charge < -0.3 is 5.32 Å². The molecule has 2 aromatic rings. The molecule has 0 fully saturated rings. The van der Waals surface area contributed by atoms with Crippen molar-refractivity contribution in [3.63, 3.8) is 0 Å². The Labute approximate surface area is 93.2 Å². The number of aryl methyl sites for hydroxylation is 1. The molecule has 3 nitrogen and oxygen atoms in total. The van der Waals surface area contributed by atoms with Crippen molar-refractivity contribution in [2.45, 2.75) is 13.0 Å². The minimum atomic E-state index is 0.102. The zero-order valence-electron chi connectivity index (χ0n) is 8.77. The smallest absolute Gasteiger partial charge is 0.150 e. The van der Waals surface area contributed by atoms with Crippen LogP contribution in [0, 0.1) is 6.92 Å². The number of hydrogen-bond acceptors (Lipinski definition) is 4. The van der Waals surface area contributed by atoms with E-state index in [0.717, 1.165) is 11.4 Å². The molecule has 0 spiro atoms. The Bertz CT molecular complexity index is 408. The summed E-state index contributed by atoms with van der Waals surface area (Å²) in [6.45, 7) is 1.99. The fraction of sp³-hybridized carbons (Fsp3) is 0.273. The van der Waals surface area contributed by atoms with Gasteiger partial charge in [0.05, 0.1) is 0 Å². The zero-order valence-corrected chi connectivity index (χ0v) is 9.58. The Morgan fingerprint density at radius 2 is 2.07 bits per heavy atom. The standard InChI is InChI=1S/C11H13N3S/c1-8-6-13-11(14-7-8)10(12-2)9-4-3-5-15-9/h3-7,10,12H,1-2H3. The fourth-order valence-corrected chi connectivity index (χ4v) is 2.24. The molecular formula is C11H13N3S. The third-order valence-corrected chi connectivity index (χ3v) is 3.11. The molecule has 0 aromatic carbocycles. The summed E-state index contributed by atoms with van der Waals surface area (Å²) in [4.78, 5) is 9.91. The number of nitrogens with zero attached hydrogens (tertiary/aromatic N) is 2. The average molecular weight is 219 g/mol. The second-order valence-corrected chi connectivity index (χ2v) is 4.33. The van der Waals surface area contributed by atoms with Crippen LogP contribution in [0.15, 0.2) is 29.9 Å². The predicted molar refractivity (Wildman–Crippen MR) is 62.0 cm³/mol. The maximum absolute atomic E-state index is 4.34. The molecule has 4 heteroatoms. The quantitative estimate of drug-likeness (QED) is 0.859. The molecule has 2 rings (SSSR count). The Balaban J connectivity index is 2.31. The van der Waals surface area contributed by atoms with Crippen molar-refractivity contribution in [2.24, 2.45) is 0 Å². The van der Waals surface area contributed by atoms with Gasteiger partial charge in [0.1, 0.15) is 11.9 Å². The molecule has 2 heterocycles. The van der Waals surface area contributed by atoms with Crippen LogP contribution in [0.5, 0.6) is 0 Å². The third-order valence-electron chi connectivity index (χ3n) is 2.18. The van der Waals surface area contributed by atoms with E-state index in [0.29, 0.717) is 0 Å². The highest BCUT2D eigenvalue weighted by molar-refractivity contribution is 7.10. The molecule has 0 amide bonds. The van der Waals surface area contributed by atoms with Crippen LogP contribution < -0.4 is 5.32 Å². The molecule has 15 heavy (non-hydrogen) atoms. The predicted octanol–water partition coefficient (Wildman–Crippen LogP) is 2.16. The molecule has 1 atom stereocenters. The van der Waals surface area contributed by atoms with E-state index in [4.69, 9.17) is 0 Å². The Morgan fingerprint density at radius 3 is 2.60 bits per heavy atom. The van der Waals surface area contributed by atoms with E-state index < -0.39 is 0 Å². The molecule has 78 valence electrons. The van der Waals surface area contributed by atoms with Gasteiger partial charge in [-0.1, -0.05) is 6.07 Å². The molecule has 0 aliphatic heterocycles. The monoisotopic (exact) mass is 219 g/mol. The van der Waals surface area contributed by atoms with Crippen LogP contribution in [0.1, 0.15) is 22.3 Å². The fourth-order valence-electron chi connectivity index (χ4n) is 1.41. The minimum absolute atomic E-state index is 0.102. The molecule has 1 unspecified atom stereocenters. The topological polar surface area (TPSA) is 37.8 Å². The minimum Gasteiger partial charge on any atom is -0.306 e. The maximum Gasteiger partial charge on any atom is 0.150 e. The third kappa shape index (κ3) is 2.22. The summed E-state index contributed by atoms with van der Waals surface area (Å²) < 4.78 is 0. The Kier molecular flexibility index (Phi) is 3.08. The van der Waals surface area contributed by atoms with Crippen molar-refractivity contribution in [3.05, 3.63) is 46.2 Å². The zero-order chi connectivity index (χ0) is 10.7. The van der Waals surface area contributed by atoms with Crippen molar-refractivity contribution >= 4 is 11.3 Å². The van der Waals surface area contributed by atoms with Crippen molar-refractivity contribution < 1.29 is 0 Å². The number of rotatable bonds is 3. The molecule has 0 aliphatic carbocycles. The molecule has 0 saturated heterocycles. The lowest BCUT2D eigenvalue weighted by molar-refractivity contribution is 0.655. The van der Waals surface area contributed by atoms with Crippen LogP contribution in [0.2, 0.25) is 0 Å². The summed E-state index contributed by atoms with van der Waals surface area (Å²) >= 11 is 1.71. The van der Waals surface area contributed by atoms with E-state index in [1.165, 1.54) is 4.88 Å². The Hall–Kier alpha value is -1.26. The van der Waals surface area contributed by atoms with Crippen molar-refractivity contribution in [2.75, 3.05) is 7.05 Å². The van der Waals surface area contributed by atoms with Gasteiger partial charge >= 0.3 is 0 Å². The van der Waals surface area contributed by atoms with Crippen molar-refractivity contribution in [3.8, 4) is 0 Å². The molecule has 0 radical (unpaired) electrons. The largest absolute Gasteiger partial charge is 0.306 e. The van der Waals surface area contributed by atoms with Gasteiger partial charge in [0.2, 0.25) is 0 Å². The average Bonchev–Trinajstić information content (AvgIpc) is 2.75. The number of nitrogens with one attached hydrogen (secondary N) is 1. The summed E-state index contributed by atoms with van der Waals surface area (Å²) in [6, 6.07) is 4.23.